The van der Waals surface area contributed by atoms with Gasteiger partial charge in [-0.3, -0.25) is 0 Å². The van der Waals surface area contributed by atoms with E-state index in [-0.39, 0.29) is 42.4 Å². The van der Waals surface area contributed by atoms with E-state index >= 15 is 0 Å². The molecular formula is C31H44O5. The van der Waals surface area contributed by atoms with Crippen LogP contribution in [0.4, 0.5) is 0 Å². The SMILES string of the molecule is C=C1C[C@H](C)C[C@@H]2CC=C[C@@H](CC=CC(=O)O[C@H](CC=C[C@@H]3CC(C)=CCO3)C[C@@H]3CC3[C@@H](O)C1)O2. The van der Waals surface area contributed by atoms with Crippen molar-refractivity contribution in [1.29, 1.82) is 0 Å². The van der Waals surface area contributed by atoms with Gasteiger partial charge in [-0.2, -0.15) is 0 Å². The molecule has 198 valence electrons. The van der Waals surface area contributed by atoms with Gasteiger partial charge in [0.15, 0.2) is 0 Å². The molecule has 1 N–H and O–H groups in total. The van der Waals surface area contributed by atoms with Crippen LogP contribution < -0.4 is 0 Å². The Morgan fingerprint density at radius 1 is 1.14 bits per heavy atom. The molecule has 5 nitrogen and oxygen atoms in total. The molecule has 3 heterocycles. The second kappa shape index (κ2) is 13.0. The van der Waals surface area contributed by atoms with E-state index in [2.05, 4.69) is 50.8 Å². The third-order valence-corrected chi connectivity index (χ3v) is 7.87. The first kappa shape index (κ1) is 27.1. The molecule has 3 aliphatic heterocycles. The van der Waals surface area contributed by atoms with Gasteiger partial charge in [0, 0.05) is 12.5 Å². The minimum absolute atomic E-state index is 0.0112. The van der Waals surface area contributed by atoms with Crippen molar-refractivity contribution in [2.75, 3.05) is 6.61 Å². The standard InChI is InChI=1S/C31H44O5/c1-21-13-14-34-26(16-21)9-5-11-28-19-24-20-29(24)30(32)18-23(3)15-22(2)17-27-10-4-7-25(35-27)8-6-12-31(33)36-28/h4-7,9,12-13,22,24-30,32H,3,8,10-11,14-20H2,1-2H3/t22-,24+,25-,26+,27-,28+,29?,30-/m0/s1. The Morgan fingerprint density at radius 3 is 2.83 bits per heavy atom. The van der Waals surface area contributed by atoms with Gasteiger partial charge in [0.25, 0.3) is 0 Å². The molecule has 2 bridgehead atoms. The maximum absolute atomic E-state index is 12.7. The average molecular weight is 497 g/mol. The van der Waals surface area contributed by atoms with Crippen molar-refractivity contribution in [1.82, 2.24) is 0 Å². The Labute approximate surface area is 217 Å². The molecule has 1 unspecified atom stereocenters. The fourth-order valence-electron chi connectivity index (χ4n) is 5.90. The highest BCUT2D eigenvalue weighted by Crippen LogP contribution is 2.47. The van der Waals surface area contributed by atoms with Crippen molar-refractivity contribution in [3.05, 3.63) is 60.3 Å². The number of hydrogen-bond donors (Lipinski definition) is 1. The molecule has 1 aliphatic carbocycles. The van der Waals surface area contributed by atoms with Crippen LogP contribution in [0.5, 0.6) is 0 Å². The number of aliphatic hydroxyl groups is 1. The first-order valence-electron chi connectivity index (χ1n) is 13.8. The second-order valence-corrected chi connectivity index (χ2v) is 11.4. The van der Waals surface area contributed by atoms with Crippen LogP contribution in [0.15, 0.2) is 60.3 Å². The number of ether oxygens (including phenoxy) is 3. The summed E-state index contributed by atoms with van der Waals surface area (Å²) in [6.45, 7) is 9.30. The number of aliphatic hydroxyl groups excluding tert-OH is 1. The molecule has 1 saturated carbocycles. The summed E-state index contributed by atoms with van der Waals surface area (Å²) in [6, 6.07) is 0. The minimum Gasteiger partial charge on any atom is -0.459 e. The van der Waals surface area contributed by atoms with Gasteiger partial charge >= 0.3 is 5.97 Å². The van der Waals surface area contributed by atoms with E-state index in [0.29, 0.717) is 37.7 Å². The summed E-state index contributed by atoms with van der Waals surface area (Å²) in [5, 5.41) is 10.9. The Kier molecular flexibility index (Phi) is 9.80. The average Bonchev–Trinajstić information content (AvgIpc) is 3.58. The van der Waals surface area contributed by atoms with Gasteiger partial charge in [0.1, 0.15) is 6.10 Å². The van der Waals surface area contributed by atoms with Gasteiger partial charge in [-0.15, -0.1) is 0 Å². The smallest absolute Gasteiger partial charge is 0.330 e. The predicted octanol–water partition coefficient (Wildman–Crippen LogP) is 6.00. The van der Waals surface area contributed by atoms with Gasteiger partial charge in [-0.05, 0) is 76.0 Å². The Hall–Kier alpha value is -1.95. The number of cyclic esters (lactones) is 1. The van der Waals surface area contributed by atoms with Crippen LogP contribution in [0.3, 0.4) is 0 Å². The second-order valence-electron chi connectivity index (χ2n) is 11.4. The maximum Gasteiger partial charge on any atom is 0.330 e. The van der Waals surface area contributed by atoms with E-state index in [1.54, 1.807) is 6.08 Å². The summed E-state index contributed by atoms with van der Waals surface area (Å²) < 4.78 is 17.9. The summed E-state index contributed by atoms with van der Waals surface area (Å²) in [6.07, 6.45) is 21.1. The van der Waals surface area contributed by atoms with Crippen LogP contribution in [-0.2, 0) is 19.0 Å². The van der Waals surface area contributed by atoms with Crippen molar-refractivity contribution in [3.63, 3.8) is 0 Å². The highest BCUT2D eigenvalue weighted by molar-refractivity contribution is 5.82. The van der Waals surface area contributed by atoms with E-state index in [4.69, 9.17) is 14.2 Å². The lowest BCUT2D eigenvalue weighted by Crippen LogP contribution is -2.26. The van der Waals surface area contributed by atoms with E-state index in [9.17, 15) is 9.90 Å². The molecule has 36 heavy (non-hydrogen) atoms. The summed E-state index contributed by atoms with van der Waals surface area (Å²) >= 11 is 0. The molecule has 1 fully saturated rings. The molecule has 4 rings (SSSR count). The van der Waals surface area contributed by atoms with Crippen LogP contribution in [0.2, 0.25) is 0 Å². The van der Waals surface area contributed by atoms with Crippen LogP contribution in [-0.4, -0.2) is 48.2 Å². The molecule has 0 aromatic rings. The predicted molar refractivity (Wildman–Crippen MR) is 142 cm³/mol. The van der Waals surface area contributed by atoms with Crippen LogP contribution in [0, 0.1) is 17.8 Å². The molecule has 8 atom stereocenters. The molecule has 0 spiro atoms. The van der Waals surface area contributed by atoms with Gasteiger partial charge in [-0.25, -0.2) is 4.79 Å². The maximum atomic E-state index is 12.7. The lowest BCUT2D eigenvalue weighted by atomic mass is 9.91. The van der Waals surface area contributed by atoms with Crippen LogP contribution >= 0.6 is 0 Å². The van der Waals surface area contributed by atoms with Crippen molar-refractivity contribution in [3.8, 4) is 0 Å². The zero-order valence-electron chi connectivity index (χ0n) is 22.0. The fourth-order valence-corrected chi connectivity index (χ4v) is 5.90. The molecule has 5 heteroatoms. The third kappa shape index (κ3) is 8.57. The van der Waals surface area contributed by atoms with Crippen molar-refractivity contribution in [2.24, 2.45) is 17.8 Å². The number of hydrogen-bond acceptors (Lipinski definition) is 5. The molecule has 0 amide bonds. The number of esters is 1. The number of fused-ring (bicyclic) bond motifs is 3. The van der Waals surface area contributed by atoms with E-state index in [0.717, 1.165) is 44.1 Å². The third-order valence-electron chi connectivity index (χ3n) is 7.87. The lowest BCUT2D eigenvalue weighted by Gasteiger charge is -2.28. The van der Waals surface area contributed by atoms with Crippen LogP contribution in [0.25, 0.3) is 0 Å². The van der Waals surface area contributed by atoms with E-state index in [1.165, 1.54) is 5.57 Å². The highest BCUT2D eigenvalue weighted by atomic mass is 16.5. The molecule has 0 aromatic heterocycles. The Morgan fingerprint density at radius 2 is 2.00 bits per heavy atom. The minimum atomic E-state index is -0.371. The zero-order valence-corrected chi connectivity index (χ0v) is 22.0. The number of rotatable bonds is 3. The van der Waals surface area contributed by atoms with E-state index in [1.807, 2.05) is 6.08 Å². The number of carbonyl (C=O) groups is 1. The molecule has 0 saturated heterocycles. The summed E-state index contributed by atoms with van der Waals surface area (Å²) in [4.78, 5) is 12.7. The first-order valence-corrected chi connectivity index (χ1v) is 13.8. The molecular weight excluding hydrogens is 452 g/mol. The van der Waals surface area contributed by atoms with Gasteiger partial charge in [-0.1, -0.05) is 61.1 Å². The summed E-state index contributed by atoms with van der Waals surface area (Å²) in [5.74, 6) is 0.801. The summed E-state index contributed by atoms with van der Waals surface area (Å²) in [7, 11) is 0. The topological polar surface area (TPSA) is 65.0 Å². The monoisotopic (exact) mass is 496 g/mol. The summed E-state index contributed by atoms with van der Waals surface area (Å²) in [5.41, 5.74) is 2.47. The van der Waals surface area contributed by atoms with Gasteiger partial charge in [0.05, 0.1) is 31.0 Å². The van der Waals surface area contributed by atoms with Crippen LogP contribution in [0.1, 0.15) is 71.6 Å². The highest BCUT2D eigenvalue weighted by Gasteiger charge is 2.43. The van der Waals surface area contributed by atoms with E-state index < -0.39 is 0 Å². The molecule has 4 aliphatic rings. The van der Waals surface area contributed by atoms with Gasteiger partial charge in [0.2, 0.25) is 0 Å². The number of carbonyl (C=O) groups excluding carboxylic acids is 1. The lowest BCUT2D eigenvalue weighted by molar-refractivity contribution is -0.143. The largest absolute Gasteiger partial charge is 0.459 e. The molecule has 0 radical (unpaired) electrons. The zero-order chi connectivity index (χ0) is 25.5. The van der Waals surface area contributed by atoms with Crippen molar-refractivity contribution < 1.29 is 24.1 Å². The van der Waals surface area contributed by atoms with Gasteiger partial charge < -0.3 is 19.3 Å². The molecule has 0 aromatic carbocycles. The van der Waals surface area contributed by atoms with Crippen molar-refractivity contribution in [2.45, 2.75) is 102 Å². The first-order chi connectivity index (χ1) is 17.4. The Balaban J connectivity index is 1.40. The quantitative estimate of drug-likeness (QED) is 0.383. The fraction of sp³-hybridized carbons (Fsp3) is 0.645. The van der Waals surface area contributed by atoms with Crippen molar-refractivity contribution >= 4 is 5.97 Å². The normalized spacial score (nSPS) is 38.6. The Bertz CT molecular complexity index is 883.